The van der Waals surface area contributed by atoms with Crippen LogP contribution >= 0.6 is 0 Å². The molecule has 0 saturated carbocycles. The Balaban J connectivity index is 1.50. The van der Waals surface area contributed by atoms with Crippen LogP contribution in [0.1, 0.15) is 304 Å². The number of aromatic amines is 2. The molecule has 2 aliphatic heterocycles. The van der Waals surface area contributed by atoms with E-state index in [-0.39, 0.29) is 0 Å². The highest BCUT2D eigenvalue weighted by Gasteiger charge is 2.17. The van der Waals surface area contributed by atoms with Gasteiger partial charge in [0.05, 0.1) is 22.8 Å². The summed E-state index contributed by atoms with van der Waals surface area (Å²) in [5, 5.41) is 0. The van der Waals surface area contributed by atoms with E-state index in [2.05, 4.69) is 86.2 Å². The molecule has 0 radical (unpaired) electrons. The molecule has 0 atom stereocenters. The molecule has 0 saturated heterocycles. The number of aromatic nitrogens is 4. The van der Waals surface area contributed by atoms with E-state index in [1.165, 1.54) is 275 Å². The van der Waals surface area contributed by atoms with Crippen molar-refractivity contribution < 1.29 is 0 Å². The molecule has 0 spiro atoms. The van der Waals surface area contributed by atoms with Crippen LogP contribution in [0.4, 0.5) is 0 Å². The van der Waals surface area contributed by atoms with E-state index in [0.717, 1.165) is 48.5 Å². The molecular formula is C64H102N4. The molecule has 2 aliphatic rings. The summed E-state index contributed by atoms with van der Waals surface area (Å²) >= 11 is 0. The molecule has 5 rings (SSSR count). The summed E-state index contributed by atoms with van der Waals surface area (Å²) in [6.45, 7) is 9.26. The number of H-pyrrole nitrogens is 2. The zero-order chi connectivity index (χ0) is 47.7. The molecule has 3 aromatic heterocycles. The first-order valence-corrected chi connectivity index (χ1v) is 29.8. The van der Waals surface area contributed by atoms with Gasteiger partial charge in [-0.25, -0.2) is 9.97 Å². The second kappa shape index (κ2) is 34.8. The highest BCUT2D eigenvalue weighted by atomic mass is 14.8. The van der Waals surface area contributed by atoms with Crippen molar-refractivity contribution in [3.05, 3.63) is 69.3 Å². The van der Waals surface area contributed by atoms with Crippen LogP contribution in [0, 0.1) is 0 Å². The first kappa shape index (κ1) is 55.5. The van der Waals surface area contributed by atoms with Gasteiger partial charge in [0.2, 0.25) is 0 Å². The number of aryl methyl sites for hydroxylation is 3. The van der Waals surface area contributed by atoms with Gasteiger partial charge in [0, 0.05) is 38.8 Å². The van der Waals surface area contributed by atoms with E-state index >= 15 is 0 Å². The van der Waals surface area contributed by atoms with Crippen LogP contribution in [0.2, 0.25) is 0 Å². The SMILES string of the molecule is CCCCCCCCCCCc1c2nc(c(CCCCCCCCCCC)c3ccc([nH]3)c(CCCCCCCCCCC)c3ccc([nH]3)c(CCCCCCCCCCC)c3nc1C=C3)C=C2. The maximum absolute atomic E-state index is 5.58. The Morgan fingerprint density at radius 3 is 0.735 bits per heavy atom. The van der Waals surface area contributed by atoms with Crippen molar-refractivity contribution in [1.82, 2.24) is 19.9 Å². The highest BCUT2D eigenvalue weighted by Crippen LogP contribution is 2.31. The maximum Gasteiger partial charge on any atom is 0.0691 e. The Kier molecular flexibility index (Phi) is 28.4. The van der Waals surface area contributed by atoms with Gasteiger partial charge in [0.15, 0.2) is 0 Å². The maximum atomic E-state index is 5.58. The molecule has 378 valence electrons. The van der Waals surface area contributed by atoms with Crippen molar-refractivity contribution in [1.29, 1.82) is 0 Å². The molecule has 68 heavy (non-hydrogen) atoms. The minimum atomic E-state index is 1.03. The molecule has 4 heteroatoms. The number of rotatable bonds is 40. The van der Waals surface area contributed by atoms with Crippen molar-refractivity contribution in [2.45, 2.75) is 285 Å². The standard InChI is InChI=1S/C64H102N4/c1-5-9-13-17-21-25-29-33-37-41-53-57-45-47-59(65-57)54(42-38-34-30-26-22-18-14-10-6-2)61-49-51-63(67-61)56(44-40-36-32-28-24-20-16-12-8-4)64-52-50-62(68-64)55(60-48-46-58(53)66-60)43-39-35-31-27-23-19-15-11-7-3/h45-52,65-66H,5-44H2,1-4H3. The Morgan fingerprint density at radius 2 is 0.456 bits per heavy atom. The van der Waals surface area contributed by atoms with E-state index in [4.69, 9.17) is 9.97 Å². The molecule has 2 N–H and O–H groups in total. The molecule has 0 fully saturated rings. The van der Waals surface area contributed by atoms with Crippen LogP contribution in [-0.2, 0) is 25.7 Å². The lowest BCUT2D eigenvalue weighted by Gasteiger charge is -2.07. The lowest BCUT2D eigenvalue weighted by Crippen LogP contribution is -1.97. The number of hydrogen-bond acceptors (Lipinski definition) is 2. The van der Waals surface area contributed by atoms with E-state index in [9.17, 15) is 0 Å². The van der Waals surface area contributed by atoms with E-state index in [1.807, 2.05) is 0 Å². The van der Waals surface area contributed by atoms with E-state index in [1.54, 1.807) is 0 Å². The van der Waals surface area contributed by atoms with Gasteiger partial charge >= 0.3 is 0 Å². The zero-order valence-corrected chi connectivity index (χ0v) is 44.8. The van der Waals surface area contributed by atoms with Gasteiger partial charge in [-0.1, -0.05) is 233 Å². The van der Waals surface area contributed by atoms with Gasteiger partial charge < -0.3 is 9.97 Å². The molecule has 8 bridgehead atoms. The molecule has 0 unspecified atom stereocenters. The molecule has 4 nitrogen and oxygen atoms in total. The Morgan fingerprint density at radius 1 is 0.250 bits per heavy atom. The predicted molar refractivity (Wildman–Crippen MR) is 303 cm³/mol. The summed E-state index contributed by atoms with van der Waals surface area (Å²) in [4.78, 5) is 19.3. The van der Waals surface area contributed by atoms with Gasteiger partial charge in [-0.05, 0) is 105 Å². The van der Waals surface area contributed by atoms with Gasteiger partial charge in [-0.2, -0.15) is 0 Å². The van der Waals surface area contributed by atoms with Crippen molar-refractivity contribution in [2.24, 2.45) is 0 Å². The summed E-state index contributed by atoms with van der Waals surface area (Å²) in [5.41, 5.74) is 15.1. The summed E-state index contributed by atoms with van der Waals surface area (Å²) < 4.78 is 0. The third-order valence-electron chi connectivity index (χ3n) is 15.3. The molecule has 0 aromatic carbocycles. The molecule has 3 aromatic rings. The third kappa shape index (κ3) is 20.1. The quantitative estimate of drug-likeness (QED) is 0.0385. The first-order chi connectivity index (χ1) is 33.7. The molecular weight excluding hydrogens is 825 g/mol. The first-order valence-electron chi connectivity index (χ1n) is 29.8. The van der Waals surface area contributed by atoms with Crippen LogP contribution in [0.25, 0.3) is 46.4 Å². The summed E-state index contributed by atoms with van der Waals surface area (Å²) in [6.07, 6.45) is 61.8. The largest absolute Gasteiger partial charge is 0.355 e. The van der Waals surface area contributed by atoms with E-state index in [0.29, 0.717) is 0 Å². The minimum Gasteiger partial charge on any atom is -0.355 e. The lowest BCUT2D eigenvalue weighted by atomic mass is 10.0. The summed E-state index contributed by atoms with van der Waals surface area (Å²) in [6, 6.07) is 9.53. The van der Waals surface area contributed by atoms with Gasteiger partial charge in [-0.15, -0.1) is 0 Å². The fraction of sp³-hybridized carbons (Fsp3) is 0.688. The van der Waals surface area contributed by atoms with Crippen LogP contribution in [-0.4, -0.2) is 19.9 Å². The van der Waals surface area contributed by atoms with Crippen LogP contribution in [0.5, 0.6) is 0 Å². The smallest absolute Gasteiger partial charge is 0.0691 e. The number of nitrogens with zero attached hydrogens (tertiary/aromatic N) is 2. The van der Waals surface area contributed by atoms with Crippen molar-refractivity contribution >= 4 is 46.4 Å². The van der Waals surface area contributed by atoms with Crippen LogP contribution in [0.15, 0.2) is 24.3 Å². The second-order valence-corrected chi connectivity index (χ2v) is 21.2. The Labute approximate surface area is 418 Å². The molecule has 5 heterocycles. The fourth-order valence-corrected chi connectivity index (χ4v) is 10.9. The van der Waals surface area contributed by atoms with Crippen molar-refractivity contribution in [2.75, 3.05) is 0 Å². The van der Waals surface area contributed by atoms with Gasteiger partial charge in [-0.3, -0.25) is 0 Å². The molecule has 0 aliphatic carbocycles. The average Bonchev–Trinajstić information content (AvgIpc) is 4.21. The van der Waals surface area contributed by atoms with Crippen LogP contribution in [0.3, 0.4) is 0 Å². The third-order valence-corrected chi connectivity index (χ3v) is 15.3. The normalized spacial score (nSPS) is 12.3. The Hall–Kier alpha value is -3.40. The topological polar surface area (TPSA) is 57.4 Å². The number of unbranched alkanes of at least 4 members (excludes halogenated alkanes) is 32. The summed E-state index contributed by atoms with van der Waals surface area (Å²) in [7, 11) is 0. The second-order valence-electron chi connectivity index (χ2n) is 21.2. The van der Waals surface area contributed by atoms with Crippen molar-refractivity contribution in [3.63, 3.8) is 0 Å². The fourth-order valence-electron chi connectivity index (χ4n) is 10.9. The minimum absolute atomic E-state index is 1.03. The highest BCUT2D eigenvalue weighted by molar-refractivity contribution is 5.83. The van der Waals surface area contributed by atoms with E-state index < -0.39 is 0 Å². The number of fused-ring (bicyclic) bond motifs is 8. The van der Waals surface area contributed by atoms with Gasteiger partial charge in [0.1, 0.15) is 0 Å². The molecule has 0 amide bonds. The van der Waals surface area contributed by atoms with Crippen LogP contribution < -0.4 is 0 Å². The predicted octanol–water partition coefficient (Wildman–Crippen LogP) is 20.9. The number of hydrogen-bond donors (Lipinski definition) is 2. The number of nitrogens with one attached hydrogen (secondary N) is 2. The monoisotopic (exact) mass is 927 g/mol. The zero-order valence-electron chi connectivity index (χ0n) is 44.8. The Bertz CT molecular complexity index is 1900. The summed E-state index contributed by atoms with van der Waals surface area (Å²) in [5.74, 6) is 0. The van der Waals surface area contributed by atoms with Gasteiger partial charge in [0.25, 0.3) is 0 Å². The average molecular weight is 928 g/mol. The van der Waals surface area contributed by atoms with Crippen molar-refractivity contribution in [3.8, 4) is 0 Å². The lowest BCUT2D eigenvalue weighted by molar-refractivity contribution is 0.564.